The molecule has 0 radical (unpaired) electrons. The van der Waals surface area contributed by atoms with E-state index < -0.39 is 0 Å². The van der Waals surface area contributed by atoms with Gasteiger partial charge in [0.2, 0.25) is 0 Å². The van der Waals surface area contributed by atoms with Crippen molar-refractivity contribution >= 4 is 11.5 Å². The molecule has 3 nitrogen and oxygen atoms in total. The summed E-state index contributed by atoms with van der Waals surface area (Å²) in [5.74, 6) is -0.213. The molecule has 0 heterocycles. The zero-order valence-electron chi connectivity index (χ0n) is 6.49. The molecule has 3 heteroatoms. The minimum absolute atomic E-state index is 0.0341. The molecule has 0 bridgehead atoms. The van der Waals surface area contributed by atoms with Crippen LogP contribution in [0, 0.1) is 5.41 Å². The number of nitrogens with one attached hydrogen (secondary N) is 2. The average molecular weight is 140 g/mol. The Morgan fingerprint density at radius 3 is 2.30 bits per heavy atom. The lowest BCUT2D eigenvalue weighted by molar-refractivity contribution is -0.111. The van der Waals surface area contributed by atoms with Gasteiger partial charge >= 0.3 is 0 Å². The Kier molecular flexibility index (Phi) is 3.39. The highest BCUT2D eigenvalue weighted by Crippen LogP contribution is 1.86. The summed E-state index contributed by atoms with van der Waals surface area (Å²) in [5, 5.41) is 9.93. The van der Waals surface area contributed by atoms with E-state index in [-0.39, 0.29) is 11.5 Å². The van der Waals surface area contributed by atoms with Crippen LogP contribution in [0.5, 0.6) is 0 Å². The minimum atomic E-state index is -0.213. The summed E-state index contributed by atoms with van der Waals surface area (Å²) in [4.78, 5) is 10.5. The highest BCUT2D eigenvalue weighted by atomic mass is 16.1. The Hall–Kier alpha value is -1.12. The second-order valence-electron chi connectivity index (χ2n) is 2.05. The Morgan fingerprint density at radius 2 is 2.00 bits per heavy atom. The fourth-order valence-electron chi connectivity index (χ4n) is 0.390. The first-order chi connectivity index (χ1) is 4.57. The topological polar surface area (TPSA) is 53.0 Å². The Morgan fingerprint density at radius 1 is 1.50 bits per heavy atom. The molecule has 2 N–H and O–H groups in total. The highest BCUT2D eigenvalue weighted by Gasteiger charge is 1.97. The molecule has 0 fully saturated rings. The van der Waals surface area contributed by atoms with Crippen molar-refractivity contribution in [1.29, 1.82) is 5.41 Å². The third-order valence-corrected chi connectivity index (χ3v) is 1.13. The maximum atomic E-state index is 10.5. The van der Waals surface area contributed by atoms with Crippen LogP contribution in [-0.4, -0.2) is 18.5 Å². The van der Waals surface area contributed by atoms with Gasteiger partial charge in [-0.2, -0.15) is 0 Å². The lowest BCUT2D eigenvalue weighted by atomic mass is 10.2. The molecular formula is C7H12N2O. The van der Waals surface area contributed by atoms with Gasteiger partial charge in [-0.3, -0.25) is 10.2 Å². The maximum Gasteiger partial charge on any atom is 0.177 e. The van der Waals surface area contributed by atoms with Gasteiger partial charge in [-0.05, 0) is 13.0 Å². The van der Waals surface area contributed by atoms with Crippen molar-refractivity contribution in [1.82, 2.24) is 5.32 Å². The molecule has 0 amide bonds. The number of hydrogen-bond donors (Lipinski definition) is 2. The van der Waals surface area contributed by atoms with Crippen molar-refractivity contribution in [3.63, 3.8) is 0 Å². The monoisotopic (exact) mass is 140 g/mol. The fourth-order valence-corrected chi connectivity index (χ4v) is 0.390. The van der Waals surface area contributed by atoms with Crippen LogP contribution in [0.25, 0.3) is 0 Å². The van der Waals surface area contributed by atoms with Gasteiger partial charge in [0.25, 0.3) is 0 Å². The molecule has 0 aliphatic heterocycles. The molecule has 10 heavy (non-hydrogen) atoms. The van der Waals surface area contributed by atoms with Crippen LogP contribution in [0.3, 0.4) is 0 Å². The van der Waals surface area contributed by atoms with Gasteiger partial charge in [-0.15, -0.1) is 0 Å². The highest BCUT2D eigenvalue weighted by molar-refractivity contribution is 6.42. The number of carbonyl (C=O) groups is 1. The molecule has 0 unspecified atom stereocenters. The molecular weight excluding hydrogens is 128 g/mol. The van der Waals surface area contributed by atoms with Crippen molar-refractivity contribution < 1.29 is 4.79 Å². The molecule has 0 saturated heterocycles. The van der Waals surface area contributed by atoms with Crippen LogP contribution in [0.2, 0.25) is 0 Å². The second kappa shape index (κ2) is 3.82. The van der Waals surface area contributed by atoms with Gasteiger partial charge in [-0.1, -0.05) is 0 Å². The van der Waals surface area contributed by atoms with Crippen LogP contribution in [0.1, 0.15) is 13.8 Å². The third kappa shape index (κ3) is 3.02. The van der Waals surface area contributed by atoms with E-state index in [9.17, 15) is 4.79 Å². The predicted octanol–water partition coefficient (Wildman–Crippen LogP) is 0.718. The number of allylic oxidation sites excluding steroid dienone is 2. The molecule has 0 saturated carbocycles. The second-order valence-corrected chi connectivity index (χ2v) is 2.05. The number of rotatable bonds is 3. The molecule has 0 rings (SSSR count). The maximum absolute atomic E-state index is 10.5. The standard InChI is InChI=1S/C7H12N2O/c1-5(9-3)4-7(8)6(2)10/h4,8-9H,1-3H3/b5-4-,8-7?. The minimum Gasteiger partial charge on any atom is -0.392 e. The summed E-state index contributed by atoms with van der Waals surface area (Å²) in [5.41, 5.74) is 0.854. The molecule has 0 aliphatic rings. The Labute approximate surface area is 60.6 Å². The molecule has 0 aliphatic carbocycles. The molecule has 0 aromatic heterocycles. The van der Waals surface area contributed by atoms with E-state index in [1.165, 1.54) is 13.0 Å². The lowest BCUT2D eigenvalue weighted by Crippen LogP contribution is -2.09. The first kappa shape index (κ1) is 8.88. The first-order valence-electron chi connectivity index (χ1n) is 3.03. The average Bonchev–Trinajstić information content (AvgIpc) is 1.87. The van der Waals surface area contributed by atoms with Crippen LogP contribution in [0.4, 0.5) is 0 Å². The molecule has 0 spiro atoms. The first-order valence-corrected chi connectivity index (χ1v) is 3.03. The van der Waals surface area contributed by atoms with Gasteiger partial charge < -0.3 is 5.32 Å². The van der Waals surface area contributed by atoms with E-state index in [1.54, 1.807) is 14.0 Å². The summed E-state index contributed by atoms with van der Waals surface area (Å²) in [7, 11) is 1.75. The lowest BCUT2D eigenvalue weighted by Gasteiger charge is -1.96. The quantitative estimate of drug-likeness (QED) is 0.567. The Bertz CT molecular complexity index is 182. The number of carbonyl (C=O) groups excluding carboxylic acids is 1. The number of Topliss-reactive ketones (excluding diaryl/α,β-unsaturated/α-hetero) is 1. The van der Waals surface area contributed by atoms with Gasteiger partial charge in [-0.25, -0.2) is 0 Å². The smallest absolute Gasteiger partial charge is 0.177 e. The van der Waals surface area contributed by atoms with Crippen molar-refractivity contribution in [2.45, 2.75) is 13.8 Å². The number of hydrogen-bond acceptors (Lipinski definition) is 3. The van der Waals surface area contributed by atoms with Crippen LogP contribution < -0.4 is 5.32 Å². The van der Waals surface area contributed by atoms with E-state index in [1.807, 2.05) is 0 Å². The van der Waals surface area contributed by atoms with Crippen LogP contribution in [0.15, 0.2) is 11.8 Å². The van der Waals surface area contributed by atoms with E-state index in [4.69, 9.17) is 5.41 Å². The van der Waals surface area contributed by atoms with Gasteiger partial charge in [0, 0.05) is 19.7 Å². The van der Waals surface area contributed by atoms with Crippen LogP contribution in [-0.2, 0) is 4.79 Å². The predicted molar refractivity (Wildman–Crippen MR) is 41.2 cm³/mol. The molecule has 0 aromatic carbocycles. The van der Waals surface area contributed by atoms with Crippen molar-refractivity contribution in [2.24, 2.45) is 0 Å². The van der Waals surface area contributed by atoms with E-state index in [0.29, 0.717) is 0 Å². The summed E-state index contributed by atoms with van der Waals surface area (Å²) < 4.78 is 0. The summed E-state index contributed by atoms with van der Waals surface area (Å²) in [6.45, 7) is 3.18. The Balaban J connectivity index is 4.13. The summed E-state index contributed by atoms with van der Waals surface area (Å²) in [6, 6.07) is 0. The molecule has 0 atom stereocenters. The summed E-state index contributed by atoms with van der Waals surface area (Å²) >= 11 is 0. The third-order valence-electron chi connectivity index (χ3n) is 1.13. The SMILES string of the molecule is CN/C(C)=C\C(=N)C(C)=O. The largest absolute Gasteiger partial charge is 0.392 e. The zero-order chi connectivity index (χ0) is 8.15. The van der Waals surface area contributed by atoms with Gasteiger partial charge in [0.1, 0.15) is 0 Å². The van der Waals surface area contributed by atoms with E-state index >= 15 is 0 Å². The summed E-state index contributed by atoms with van der Waals surface area (Å²) in [6.07, 6.45) is 1.50. The van der Waals surface area contributed by atoms with Crippen molar-refractivity contribution in [3.05, 3.63) is 11.8 Å². The number of ketones is 1. The molecule has 0 aromatic rings. The normalized spacial score (nSPS) is 10.9. The van der Waals surface area contributed by atoms with E-state index in [0.717, 1.165) is 5.70 Å². The molecule has 56 valence electrons. The van der Waals surface area contributed by atoms with E-state index in [2.05, 4.69) is 5.32 Å². The zero-order valence-corrected chi connectivity index (χ0v) is 6.49. The van der Waals surface area contributed by atoms with Crippen LogP contribution >= 0.6 is 0 Å². The van der Waals surface area contributed by atoms with Gasteiger partial charge in [0.05, 0.1) is 5.71 Å². The van der Waals surface area contributed by atoms with Gasteiger partial charge in [0.15, 0.2) is 5.78 Å². The van der Waals surface area contributed by atoms with Crippen molar-refractivity contribution in [3.8, 4) is 0 Å². The fraction of sp³-hybridized carbons (Fsp3) is 0.429. The van der Waals surface area contributed by atoms with Crippen molar-refractivity contribution in [2.75, 3.05) is 7.05 Å².